The minimum atomic E-state index is -0.264. The van der Waals surface area contributed by atoms with Crippen LogP contribution in [0.3, 0.4) is 0 Å². The van der Waals surface area contributed by atoms with Gasteiger partial charge in [0.05, 0.1) is 5.52 Å². The number of hydrogen-bond acceptors (Lipinski definition) is 6. The normalized spacial score (nSPS) is 11.4. The monoisotopic (exact) mass is 383 g/mol. The second kappa shape index (κ2) is 6.65. The minimum Gasteiger partial charge on any atom is -0.460 e. The van der Waals surface area contributed by atoms with Gasteiger partial charge in [0.15, 0.2) is 11.4 Å². The predicted octanol–water partition coefficient (Wildman–Crippen LogP) is 3.56. The lowest BCUT2D eigenvalue weighted by atomic mass is 10.0. The molecule has 0 unspecified atom stereocenters. The van der Waals surface area contributed by atoms with Crippen LogP contribution in [0.2, 0.25) is 0 Å². The lowest BCUT2D eigenvalue weighted by Crippen LogP contribution is -2.16. The van der Waals surface area contributed by atoms with Crippen molar-refractivity contribution < 1.29 is 4.42 Å². The summed E-state index contributed by atoms with van der Waals surface area (Å²) in [7, 11) is 0. The smallest absolute Gasteiger partial charge is 0.254 e. The van der Waals surface area contributed by atoms with E-state index in [0.29, 0.717) is 33.9 Å². The number of pyridine rings is 2. The molecule has 0 bridgehead atoms. The molecule has 0 spiro atoms. The lowest BCUT2D eigenvalue weighted by Gasteiger charge is -2.10. The van der Waals surface area contributed by atoms with Gasteiger partial charge < -0.3 is 15.1 Å². The van der Waals surface area contributed by atoms with Gasteiger partial charge in [-0.15, -0.1) is 0 Å². The van der Waals surface area contributed by atoms with E-state index in [2.05, 4.69) is 15.0 Å². The Kier molecular flexibility index (Phi) is 3.96. The van der Waals surface area contributed by atoms with Crippen molar-refractivity contribution in [2.24, 2.45) is 5.73 Å². The molecule has 1 aromatic carbocycles. The molecular formula is C22H17N5O2. The van der Waals surface area contributed by atoms with Crippen LogP contribution < -0.4 is 11.3 Å². The second-order valence-electron chi connectivity index (χ2n) is 6.80. The first-order chi connectivity index (χ1) is 14.1. The Balaban J connectivity index is 1.82. The first-order valence-corrected chi connectivity index (χ1v) is 9.18. The maximum Gasteiger partial charge on any atom is 0.254 e. The largest absolute Gasteiger partial charge is 0.460 e. The SMILES string of the molecule is Cc1ccc(-c2nc3[nH]c(=O)c(CN)cc3nc2-c2ccc3ncccc3c2)o1. The molecule has 0 aliphatic heterocycles. The van der Waals surface area contributed by atoms with Crippen LogP contribution in [-0.4, -0.2) is 19.9 Å². The maximum absolute atomic E-state index is 12.2. The molecule has 7 nitrogen and oxygen atoms in total. The number of hydrogen-bond donors (Lipinski definition) is 2. The van der Waals surface area contributed by atoms with Crippen molar-refractivity contribution in [1.29, 1.82) is 0 Å². The average Bonchev–Trinajstić information content (AvgIpc) is 3.18. The standard InChI is InChI=1S/C22H17N5O2/c1-12-4-7-18(29-12)20-19(14-5-6-16-13(9-14)3-2-8-24-16)25-17-10-15(11-23)22(28)27-21(17)26-20/h2-10H,11,23H2,1H3,(H,26,27,28). The number of nitrogens with two attached hydrogens (primary N) is 1. The lowest BCUT2D eigenvalue weighted by molar-refractivity contribution is 0.546. The Morgan fingerprint density at radius 1 is 1.03 bits per heavy atom. The predicted molar refractivity (Wildman–Crippen MR) is 111 cm³/mol. The van der Waals surface area contributed by atoms with Crippen molar-refractivity contribution >= 4 is 22.1 Å². The van der Waals surface area contributed by atoms with E-state index in [1.165, 1.54) is 0 Å². The average molecular weight is 383 g/mol. The summed E-state index contributed by atoms with van der Waals surface area (Å²) in [4.78, 5) is 28.8. The number of nitrogens with one attached hydrogen (secondary N) is 1. The van der Waals surface area contributed by atoms with Crippen LogP contribution in [0.5, 0.6) is 0 Å². The van der Waals surface area contributed by atoms with E-state index in [0.717, 1.165) is 22.2 Å². The van der Waals surface area contributed by atoms with Crippen molar-refractivity contribution in [3.05, 3.63) is 76.4 Å². The van der Waals surface area contributed by atoms with Gasteiger partial charge in [0.1, 0.15) is 22.7 Å². The highest BCUT2D eigenvalue weighted by molar-refractivity contribution is 5.89. The van der Waals surface area contributed by atoms with E-state index in [1.807, 2.05) is 49.4 Å². The highest BCUT2D eigenvalue weighted by Crippen LogP contribution is 2.32. The minimum absolute atomic E-state index is 0.128. The Morgan fingerprint density at radius 2 is 1.93 bits per heavy atom. The fourth-order valence-electron chi connectivity index (χ4n) is 3.37. The van der Waals surface area contributed by atoms with Gasteiger partial charge in [-0.25, -0.2) is 9.97 Å². The Hall–Kier alpha value is -3.84. The number of aryl methyl sites for hydroxylation is 1. The van der Waals surface area contributed by atoms with Crippen LogP contribution in [0.1, 0.15) is 11.3 Å². The van der Waals surface area contributed by atoms with E-state index in [9.17, 15) is 4.79 Å². The van der Waals surface area contributed by atoms with Crippen LogP contribution in [0.25, 0.3) is 44.8 Å². The van der Waals surface area contributed by atoms with Crippen LogP contribution in [0.4, 0.5) is 0 Å². The summed E-state index contributed by atoms with van der Waals surface area (Å²) in [6.07, 6.45) is 1.76. The van der Waals surface area contributed by atoms with Crippen molar-refractivity contribution in [2.45, 2.75) is 13.5 Å². The van der Waals surface area contributed by atoms with Crippen LogP contribution in [0.15, 0.2) is 63.9 Å². The van der Waals surface area contributed by atoms with E-state index in [1.54, 1.807) is 12.3 Å². The summed E-state index contributed by atoms with van der Waals surface area (Å²) in [6, 6.07) is 15.2. The molecule has 4 heterocycles. The number of furan rings is 1. The van der Waals surface area contributed by atoms with E-state index >= 15 is 0 Å². The van der Waals surface area contributed by atoms with Gasteiger partial charge in [-0.1, -0.05) is 12.1 Å². The molecular weight excluding hydrogens is 366 g/mol. The molecule has 0 atom stereocenters. The number of nitrogens with zero attached hydrogens (tertiary/aromatic N) is 3. The van der Waals surface area contributed by atoms with Crippen molar-refractivity contribution in [3.8, 4) is 22.7 Å². The summed E-state index contributed by atoms with van der Waals surface area (Å²) >= 11 is 0. The van der Waals surface area contributed by atoms with Gasteiger partial charge in [0.2, 0.25) is 0 Å². The zero-order chi connectivity index (χ0) is 20.0. The van der Waals surface area contributed by atoms with Gasteiger partial charge in [0.25, 0.3) is 5.56 Å². The van der Waals surface area contributed by atoms with Gasteiger partial charge >= 0.3 is 0 Å². The molecule has 7 heteroatoms. The first kappa shape index (κ1) is 17.3. The number of fused-ring (bicyclic) bond motifs is 2. The first-order valence-electron chi connectivity index (χ1n) is 9.18. The topological polar surface area (TPSA) is 111 Å². The Morgan fingerprint density at radius 3 is 2.72 bits per heavy atom. The molecule has 0 saturated carbocycles. The Labute approximate surface area is 165 Å². The molecule has 5 aromatic rings. The van der Waals surface area contributed by atoms with Gasteiger partial charge in [-0.05, 0) is 43.3 Å². The zero-order valence-electron chi connectivity index (χ0n) is 15.6. The molecule has 5 rings (SSSR count). The fraction of sp³-hybridized carbons (Fsp3) is 0.0909. The fourth-order valence-corrected chi connectivity index (χ4v) is 3.37. The molecule has 142 valence electrons. The molecule has 0 fully saturated rings. The van der Waals surface area contributed by atoms with Gasteiger partial charge in [-0.2, -0.15) is 0 Å². The molecule has 0 saturated heterocycles. The van der Waals surface area contributed by atoms with Crippen molar-refractivity contribution in [2.75, 3.05) is 0 Å². The van der Waals surface area contributed by atoms with Gasteiger partial charge in [0, 0.05) is 29.3 Å². The number of benzene rings is 1. The zero-order valence-corrected chi connectivity index (χ0v) is 15.6. The number of aromatic nitrogens is 4. The Bertz CT molecular complexity index is 1430. The van der Waals surface area contributed by atoms with Crippen molar-refractivity contribution in [1.82, 2.24) is 19.9 Å². The van der Waals surface area contributed by atoms with Crippen LogP contribution in [-0.2, 0) is 6.54 Å². The number of H-pyrrole nitrogens is 1. The summed E-state index contributed by atoms with van der Waals surface area (Å²) in [5.41, 5.74) is 9.84. The molecule has 4 aromatic heterocycles. The molecule has 0 radical (unpaired) electrons. The van der Waals surface area contributed by atoms with Crippen molar-refractivity contribution in [3.63, 3.8) is 0 Å². The van der Waals surface area contributed by atoms with E-state index in [4.69, 9.17) is 15.1 Å². The molecule has 29 heavy (non-hydrogen) atoms. The summed E-state index contributed by atoms with van der Waals surface area (Å²) in [5, 5.41) is 0.998. The van der Waals surface area contributed by atoms with E-state index in [-0.39, 0.29) is 12.1 Å². The maximum atomic E-state index is 12.2. The third-order valence-electron chi connectivity index (χ3n) is 4.83. The third kappa shape index (κ3) is 2.97. The highest BCUT2D eigenvalue weighted by atomic mass is 16.3. The third-order valence-corrected chi connectivity index (χ3v) is 4.83. The van der Waals surface area contributed by atoms with E-state index < -0.39 is 0 Å². The molecule has 0 aliphatic rings. The summed E-state index contributed by atoms with van der Waals surface area (Å²) in [6.45, 7) is 2.00. The van der Waals surface area contributed by atoms with Crippen LogP contribution >= 0.6 is 0 Å². The van der Waals surface area contributed by atoms with Crippen LogP contribution in [0, 0.1) is 6.92 Å². The number of aromatic amines is 1. The molecule has 0 amide bonds. The second-order valence-corrected chi connectivity index (χ2v) is 6.80. The quantitative estimate of drug-likeness (QED) is 0.493. The van der Waals surface area contributed by atoms with Gasteiger partial charge in [-0.3, -0.25) is 9.78 Å². The number of rotatable bonds is 3. The summed E-state index contributed by atoms with van der Waals surface area (Å²) in [5.74, 6) is 1.35. The molecule has 3 N–H and O–H groups in total. The highest BCUT2D eigenvalue weighted by Gasteiger charge is 2.17. The summed E-state index contributed by atoms with van der Waals surface area (Å²) < 4.78 is 5.82. The molecule has 0 aliphatic carbocycles.